The highest BCUT2D eigenvalue weighted by molar-refractivity contribution is 5.84. The van der Waals surface area contributed by atoms with E-state index < -0.39 is 22.2 Å². The molecular weight excluding hydrogens is 350 g/mol. The summed E-state index contributed by atoms with van der Waals surface area (Å²) in [6, 6.07) is 0. The second-order valence-electron chi connectivity index (χ2n) is 11.9. The molecule has 2 N–H and O–H groups in total. The van der Waals surface area contributed by atoms with Crippen LogP contribution in [0, 0.1) is 27.6 Å². The Kier molecular flexibility index (Phi) is 8.18. The van der Waals surface area contributed by atoms with Crippen molar-refractivity contribution in [2.75, 3.05) is 6.54 Å². The average Bonchev–Trinajstić information content (AvgIpc) is 3.01. The number of amides is 1. The molecule has 28 heavy (non-hydrogen) atoms. The highest BCUT2D eigenvalue weighted by Crippen LogP contribution is 2.50. The van der Waals surface area contributed by atoms with Gasteiger partial charge in [0.05, 0.1) is 5.41 Å². The summed E-state index contributed by atoms with van der Waals surface area (Å²) >= 11 is 0. The number of carboxylic acid groups (broad SMARTS) is 1. The van der Waals surface area contributed by atoms with Gasteiger partial charge >= 0.3 is 5.97 Å². The number of carboxylic acids is 1. The maximum Gasteiger partial charge on any atom is 0.309 e. The number of carbonyl (C=O) groups excluding carboxylic acids is 1. The van der Waals surface area contributed by atoms with Gasteiger partial charge in [-0.15, -0.1) is 0 Å². The average molecular weight is 396 g/mol. The van der Waals surface area contributed by atoms with E-state index in [9.17, 15) is 14.7 Å². The van der Waals surface area contributed by atoms with Gasteiger partial charge < -0.3 is 10.4 Å². The fourth-order valence-electron chi connectivity index (χ4n) is 4.94. The van der Waals surface area contributed by atoms with Crippen LogP contribution in [0.2, 0.25) is 0 Å². The van der Waals surface area contributed by atoms with Crippen molar-refractivity contribution >= 4 is 11.9 Å². The first-order valence-electron chi connectivity index (χ1n) is 11.1. The van der Waals surface area contributed by atoms with E-state index in [0.717, 1.165) is 12.3 Å². The van der Waals surface area contributed by atoms with Crippen LogP contribution < -0.4 is 5.32 Å². The van der Waals surface area contributed by atoms with E-state index in [-0.39, 0.29) is 11.3 Å². The Morgan fingerprint density at radius 1 is 0.929 bits per heavy atom. The molecule has 4 heteroatoms. The van der Waals surface area contributed by atoms with Crippen LogP contribution >= 0.6 is 0 Å². The number of hydrogen-bond donors (Lipinski definition) is 2. The van der Waals surface area contributed by atoms with Gasteiger partial charge in [0.1, 0.15) is 0 Å². The van der Waals surface area contributed by atoms with Crippen LogP contribution in [-0.4, -0.2) is 23.5 Å². The third kappa shape index (κ3) is 6.77. The van der Waals surface area contributed by atoms with E-state index in [0.29, 0.717) is 19.4 Å². The lowest BCUT2D eigenvalue weighted by Crippen LogP contribution is -2.50. The van der Waals surface area contributed by atoms with Gasteiger partial charge in [0.15, 0.2) is 0 Å². The fourth-order valence-corrected chi connectivity index (χ4v) is 4.94. The minimum Gasteiger partial charge on any atom is -0.481 e. The van der Waals surface area contributed by atoms with Crippen LogP contribution in [0.3, 0.4) is 0 Å². The summed E-state index contributed by atoms with van der Waals surface area (Å²) in [5, 5.41) is 13.2. The van der Waals surface area contributed by atoms with Crippen molar-refractivity contribution in [1.82, 2.24) is 5.32 Å². The lowest BCUT2D eigenvalue weighted by molar-refractivity contribution is -0.160. The number of hydrogen-bond acceptors (Lipinski definition) is 2. The zero-order valence-electron chi connectivity index (χ0n) is 19.7. The first-order chi connectivity index (χ1) is 12.6. The molecule has 0 heterocycles. The van der Waals surface area contributed by atoms with E-state index in [1.807, 2.05) is 27.7 Å². The smallest absolute Gasteiger partial charge is 0.309 e. The number of aliphatic carboxylic acids is 1. The molecule has 0 aromatic carbocycles. The Bertz CT molecular complexity index is 537. The highest BCUT2D eigenvalue weighted by atomic mass is 16.4. The molecule has 0 aromatic heterocycles. The molecule has 4 nitrogen and oxygen atoms in total. The van der Waals surface area contributed by atoms with Gasteiger partial charge in [-0.3, -0.25) is 9.59 Å². The Morgan fingerprint density at radius 2 is 1.46 bits per heavy atom. The van der Waals surface area contributed by atoms with E-state index in [4.69, 9.17) is 0 Å². The molecule has 0 bridgehead atoms. The lowest BCUT2D eigenvalue weighted by Gasteiger charge is -2.45. The summed E-state index contributed by atoms with van der Waals surface area (Å²) in [6.45, 7) is 16.7. The molecule has 0 spiro atoms. The summed E-state index contributed by atoms with van der Waals surface area (Å²) < 4.78 is 0. The molecule has 0 saturated heterocycles. The van der Waals surface area contributed by atoms with Gasteiger partial charge in [-0.2, -0.15) is 0 Å². The van der Waals surface area contributed by atoms with Gasteiger partial charge in [-0.25, -0.2) is 0 Å². The first-order valence-corrected chi connectivity index (χ1v) is 11.1. The minimum absolute atomic E-state index is 0.00516. The van der Waals surface area contributed by atoms with E-state index in [1.54, 1.807) is 6.92 Å². The van der Waals surface area contributed by atoms with E-state index in [2.05, 4.69) is 26.1 Å². The van der Waals surface area contributed by atoms with E-state index >= 15 is 0 Å². The van der Waals surface area contributed by atoms with Crippen molar-refractivity contribution in [1.29, 1.82) is 0 Å². The normalized spacial score (nSPS) is 20.4. The second-order valence-corrected chi connectivity index (χ2v) is 11.9. The predicted octanol–water partition coefficient (Wildman–Crippen LogP) is 6.04. The molecule has 164 valence electrons. The van der Waals surface area contributed by atoms with E-state index in [1.165, 1.54) is 32.1 Å². The summed E-state index contributed by atoms with van der Waals surface area (Å²) in [5.41, 5.74) is -2.20. The van der Waals surface area contributed by atoms with Crippen LogP contribution in [0.4, 0.5) is 0 Å². The van der Waals surface area contributed by atoms with Crippen molar-refractivity contribution in [2.45, 2.75) is 107 Å². The summed E-state index contributed by atoms with van der Waals surface area (Å²) in [4.78, 5) is 25.5. The van der Waals surface area contributed by atoms with Crippen LogP contribution in [0.25, 0.3) is 0 Å². The Labute approximate surface area is 173 Å². The molecular formula is C24H45NO3. The van der Waals surface area contributed by atoms with Crippen LogP contribution in [0.5, 0.6) is 0 Å². The zero-order valence-corrected chi connectivity index (χ0v) is 19.7. The zero-order chi connectivity index (χ0) is 21.8. The molecule has 0 aromatic rings. The number of nitrogens with one attached hydrogen (secondary N) is 1. The monoisotopic (exact) mass is 395 g/mol. The molecule has 1 fully saturated rings. The summed E-state index contributed by atoms with van der Waals surface area (Å²) in [5.74, 6) is 0.00814. The Hall–Kier alpha value is -1.06. The third-order valence-electron chi connectivity index (χ3n) is 6.89. The molecule has 1 aliphatic rings. The van der Waals surface area contributed by atoms with Gasteiger partial charge in [0, 0.05) is 12.0 Å². The topological polar surface area (TPSA) is 66.4 Å². The summed E-state index contributed by atoms with van der Waals surface area (Å²) in [7, 11) is 0. The quantitative estimate of drug-likeness (QED) is 0.467. The summed E-state index contributed by atoms with van der Waals surface area (Å²) in [6.07, 6.45) is 8.56. The maximum absolute atomic E-state index is 13.3. The van der Waals surface area contributed by atoms with Crippen LogP contribution in [-0.2, 0) is 9.59 Å². The van der Waals surface area contributed by atoms with Crippen LogP contribution in [0.1, 0.15) is 107 Å². The van der Waals surface area contributed by atoms with Crippen molar-refractivity contribution in [3.63, 3.8) is 0 Å². The van der Waals surface area contributed by atoms with Crippen LogP contribution in [0.15, 0.2) is 0 Å². The highest BCUT2D eigenvalue weighted by Gasteiger charge is 2.51. The molecule has 2 unspecified atom stereocenters. The lowest BCUT2D eigenvalue weighted by atomic mass is 9.58. The minimum atomic E-state index is -0.978. The Balaban J connectivity index is 2.89. The molecule has 2 atom stereocenters. The molecule has 0 aliphatic heterocycles. The van der Waals surface area contributed by atoms with Crippen molar-refractivity contribution in [2.24, 2.45) is 27.6 Å². The van der Waals surface area contributed by atoms with Crippen molar-refractivity contribution in [3.05, 3.63) is 0 Å². The van der Waals surface area contributed by atoms with Crippen molar-refractivity contribution < 1.29 is 14.7 Å². The first kappa shape index (κ1) is 25.0. The van der Waals surface area contributed by atoms with Gasteiger partial charge in [-0.05, 0) is 49.4 Å². The molecule has 1 rings (SSSR count). The standard InChI is InChI=1S/C24H45NO3/c1-21(2,3)16-23(7,17-24(8,20(27)28)22(4,5)6)19(26)25-15-11-14-18-12-9-10-13-18/h18H,9-17H2,1-8H3,(H,25,26)(H,27,28). The fraction of sp³-hybridized carbons (Fsp3) is 0.917. The van der Waals surface area contributed by atoms with Gasteiger partial charge in [0.25, 0.3) is 0 Å². The SMILES string of the molecule is CC(C)(C)CC(C)(CC(C)(C(=O)O)C(C)(C)C)C(=O)NCCCC1CCCC1. The largest absolute Gasteiger partial charge is 0.481 e. The van der Waals surface area contributed by atoms with Gasteiger partial charge in [0.2, 0.25) is 5.91 Å². The molecule has 1 amide bonds. The molecule has 0 radical (unpaired) electrons. The van der Waals surface area contributed by atoms with Crippen molar-refractivity contribution in [3.8, 4) is 0 Å². The maximum atomic E-state index is 13.3. The molecule has 1 saturated carbocycles. The third-order valence-corrected chi connectivity index (χ3v) is 6.89. The number of rotatable bonds is 9. The second kappa shape index (κ2) is 9.17. The predicted molar refractivity (Wildman–Crippen MR) is 116 cm³/mol. The Morgan fingerprint density at radius 3 is 1.89 bits per heavy atom. The molecule has 1 aliphatic carbocycles. The van der Waals surface area contributed by atoms with Gasteiger partial charge in [-0.1, -0.05) is 74.1 Å². The number of carbonyl (C=O) groups is 2.